The zero-order valence-electron chi connectivity index (χ0n) is 19.7. The molecule has 6 fully saturated rings. The van der Waals surface area contributed by atoms with Gasteiger partial charge in [0.25, 0.3) is 0 Å². The van der Waals surface area contributed by atoms with Crippen LogP contribution in [0.2, 0.25) is 0 Å². The molecule has 0 aliphatic heterocycles. The Morgan fingerprint density at radius 2 is 1.06 bits per heavy atom. The second-order valence-electron chi connectivity index (χ2n) is 12.0. The van der Waals surface area contributed by atoms with Crippen LogP contribution in [0.1, 0.15) is 103 Å². The van der Waals surface area contributed by atoms with Crippen molar-refractivity contribution in [3.8, 4) is 0 Å². The van der Waals surface area contributed by atoms with Gasteiger partial charge >= 0.3 is 12.2 Å². The van der Waals surface area contributed by atoms with Gasteiger partial charge < -0.3 is 20.1 Å². The zero-order chi connectivity index (χ0) is 22.0. The molecule has 2 amide bonds. The summed E-state index contributed by atoms with van der Waals surface area (Å²) in [6.07, 6.45) is 18.3. The second kappa shape index (κ2) is 9.42. The smallest absolute Gasteiger partial charge is 0.407 e. The van der Waals surface area contributed by atoms with E-state index in [1.807, 2.05) is 0 Å². The largest absolute Gasteiger partial charge is 0.446 e. The van der Waals surface area contributed by atoms with Gasteiger partial charge in [-0.2, -0.15) is 0 Å². The maximum Gasteiger partial charge on any atom is 0.407 e. The summed E-state index contributed by atoms with van der Waals surface area (Å²) >= 11 is 0. The van der Waals surface area contributed by atoms with Gasteiger partial charge in [0, 0.05) is 13.1 Å². The van der Waals surface area contributed by atoms with E-state index in [0.717, 1.165) is 57.0 Å². The molecule has 0 heterocycles. The van der Waals surface area contributed by atoms with E-state index in [9.17, 15) is 9.59 Å². The Bertz CT molecular complexity index is 615. The highest BCUT2D eigenvalue weighted by molar-refractivity contribution is 5.68. The van der Waals surface area contributed by atoms with Gasteiger partial charge in [-0.1, -0.05) is 12.8 Å². The molecule has 4 bridgehead atoms. The lowest BCUT2D eigenvalue weighted by atomic mass is 9.44. The molecule has 0 aromatic rings. The highest BCUT2D eigenvalue weighted by atomic mass is 16.6. The predicted molar refractivity (Wildman–Crippen MR) is 122 cm³/mol. The summed E-state index contributed by atoms with van der Waals surface area (Å²) in [7, 11) is 0. The van der Waals surface area contributed by atoms with Gasteiger partial charge in [-0.25, -0.2) is 9.59 Å². The van der Waals surface area contributed by atoms with E-state index in [1.165, 1.54) is 70.6 Å². The summed E-state index contributed by atoms with van der Waals surface area (Å²) in [6.45, 7) is 1.44. The van der Waals surface area contributed by atoms with Gasteiger partial charge in [0.2, 0.25) is 0 Å². The van der Waals surface area contributed by atoms with Crippen molar-refractivity contribution in [3.05, 3.63) is 0 Å². The molecule has 6 heteroatoms. The predicted octanol–water partition coefficient (Wildman–Crippen LogP) is 5.69. The van der Waals surface area contributed by atoms with Crippen molar-refractivity contribution in [2.24, 2.45) is 22.7 Å². The normalized spacial score (nSPS) is 37.1. The molecule has 0 saturated heterocycles. The molecular weight excluding hydrogens is 404 g/mol. The Balaban J connectivity index is 1.13. The van der Waals surface area contributed by atoms with E-state index in [2.05, 4.69) is 10.6 Å². The Hall–Kier alpha value is -1.46. The third-order valence-electron chi connectivity index (χ3n) is 9.17. The number of nitrogens with one attached hydrogen (secondary N) is 2. The summed E-state index contributed by atoms with van der Waals surface area (Å²) in [5, 5.41) is 6.30. The minimum absolute atomic E-state index is 0.103. The lowest BCUT2D eigenvalue weighted by Crippen LogP contribution is -2.58. The van der Waals surface area contributed by atoms with Crippen LogP contribution in [0.5, 0.6) is 0 Å². The standard InChI is InChI=1S/C26H42N2O4/c29-23(31-21-7-3-1-4-8-21)27-17-25-12-19-11-20(13-25)15-26(14-19,16-25)18-28-24(30)32-22-9-5-2-6-10-22/h19-22H,1-18H2,(H,27,29)(H,28,30). The van der Waals surface area contributed by atoms with Crippen molar-refractivity contribution in [2.75, 3.05) is 13.1 Å². The van der Waals surface area contributed by atoms with Crippen molar-refractivity contribution in [3.63, 3.8) is 0 Å². The SMILES string of the molecule is O=C(NCC12CC3CC(C1)CC(CNC(=O)OC1CCCCC1)(C3)C2)OC1CCCCC1. The third kappa shape index (κ3) is 5.20. The third-order valence-corrected chi connectivity index (χ3v) is 9.17. The molecule has 0 radical (unpaired) electrons. The molecule has 2 N–H and O–H groups in total. The molecule has 0 spiro atoms. The highest BCUT2D eigenvalue weighted by Crippen LogP contribution is 2.64. The number of hydrogen-bond donors (Lipinski definition) is 2. The topological polar surface area (TPSA) is 76.7 Å². The van der Waals surface area contributed by atoms with E-state index in [-0.39, 0.29) is 35.2 Å². The molecule has 6 nitrogen and oxygen atoms in total. The number of alkyl carbamates (subject to hydrolysis) is 2. The van der Waals surface area contributed by atoms with Crippen LogP contribution in [0.25, 0.3) is 0 Å². The number of carbonyl (C=O) groups excluding carboxylic acids is 2. The van der Waals surface area contributed by atoms with E-state index in [0.29, 0.717) is 0 Å². The van der Waals surface area contributed by atoms with Crippen molar-refractivity contribution >= 4 is 12.2 Å². The summed E-state index contributed by atoms with van der Waals surface area (Å²) in [4.78, 5) is 25.0. The number of rotatable bonds is 6. The molecule has 0 unspecified atom stereocenters. The van der Waals surface area contributed by atoms with Crippen molar-refractivity contribution < 1.29 is 19.1 Å². The van der Waals surface area contributed by atoms with Crippen molar-refractivity contribution in [1.82, 2.24) is 10.6 Å². The number of hydrogen-bond acceptors (Lipinski definition) is 4. The molecule has 0 aromatic heterocycles. The lowest BCUT2D eigenvalue weighted by Gasteiger charge is -2.62. The minimum atomic E-state index is -0.226. The first kappa shape index (κ1) is 22.3. The lowest BCUT2D eigenvalue weighted by molar-refractivity contribution is -0.107. The van der Waals surface area contributed by atoms with E-state index in [1.54, 1.807) is 0 Å². The Kier molecular flexibility index (Phi) is 6.58. The summed E-state index contributed by atoms with van der Waals surface area (Å²) < 4.78 is 11.4. The van der Waals surface area contributed by atoms with Crippen LogP contribution in [0.4, 0.5) is 9.59 Å². The van der Waals surface area contributed by atoms with Crippen LogP contribution in [0, 0.1) is 22.7 Å². The molecule has 6 rings (SSSR count). The minimum Gasteiger partial charge on any atom is -0.446 e. The number of carbonyl (C=O) groups is 2. The van der Waals surface area contributed by atoms with Gasteiger partial charge in [-0.05, 0) is 113 Å². The van der Waals surface area contributed by atoms with Crippen LogP contribution in [-0.4, -0.2) is 37.5 Å². The number of ether oxygens (including phenoxy) is 2. The molecule has 0 atom stereocenters. The van der Waals surface area contributed by atoms with Gasteiger partial charge in [0.15, 0.2) is 0 Å². The van der Waals surface area contributed by atoms with E-state index in [4.69, 9.17) is 9.47 Å². The Morgan fingerprint density at radius 1 is 0.656 bits per heavy atom. The maximum absolute atomic E-state index is 12.5. The molecule has 6 saturated carbocycles. The van der Waals surface area contributed by atoms with Crippen LogP contribution in [0.15, 0.2) is 0 Å². The average molecular weight is 447 g/mol. The maximum atomic E-state index is 12.5. The quantitative estimate of drug-likeness (QED) is 0.549. The number of amides is 2. The van der Waals surface area contributed by atoms with Crippen LogP contribution in [0.3, 0.4) is 0 Å². The van der Waals surface area contributed by atoms with Gasteiger partial charge in [-0.3, -0.25) is 0 Å². The fraction of sp³-hybridized carbons (Fsp3) is 0.923. The first-order chi connectivity index (χ1) is 15.5. The monoisotopic (exact) mass is 446 g/mol. The highest BCUT2D eigenvalue weighted by Gasteiger charge is 2.57. The Labute approximate surface area is 192 Å². The second-order valence-corrected chi connectivity index (χ2v) is 12.0. The molecule has 6 aliphatic carbocycles. The van der Waals surface area contributed by atoms with E-state index >= 15 is 0 Å². The fourth-order valence-corrected chi connectivity index (χ4v) is 8.33. The summed E-state index contributed by atoms with van der Waals surface area (Å²) in [5.41, 5.74) is 0.343. The van der Waals surface area contributed by atoms with Gasteiger partial charge in [0.1, 0.15) is 12.2 Å². The molecular formula is C26H42N2O4. The van der Waals surface area contributed by atoms with E-state index < -0.39 is 0 Å². The average Bonchev–Trinajstić information content (AvgIpc) is 2.77. The first-order valence-corrected chi connectivity index (χ1v) is 13.4. The van der Waals surface area contributed by atoms with Gasteiger partial charge in [0.05, 0.1) is 0 Å². The van der Waals surface area contributed by atoms with Crippen LogP contribution < -0.4 is 10.6 Å². The molecule has 0 aromatic carbocycles. The molecule has 32 heavy (non-hydrogen) atoms. The van der Waals surface area contributed by atoms with Crippen molar-refractivity contribution in [2.45, 2.75) is 115 Å². The van der Waals surface area contributed by atoms with Crippen LogP contribution in [-0.2, 0) is 9.47 Å². The van der Waals surface area contributed by atoms with Crippen LogP contribution >= 0.6 is 0 Å². The van der Waals surface area contributed by atoms with Crippen molar-refractivity contribution in [1.29, 1.82) is 0 Å². The molecule has 180 valence electrons. The first-order valence-electron chi connectivity index (χ1n) is 13.4. The molecule has 6 aliphatic rings. The zero-order valence-corrected chi connectivity index (χ0v) is 19.7. The summed E-state index contributed by atoms with van der Waals surface area (Å²) in [6, 6.07) is 0. The fourth-order valence-electron chi connectivity index (χ4n) is 8.33. The summed E-state index contributed by atoms with van der Waals surface area (Å²) in [5.74, 6) is 1.45. The Morgan fingerprint density at radius 3 is 1.47 bits per heavy atom. The van der Waals surface area contributed by atoms with Gasteiger partial charge in [-0.15, -0.1) is 0 Å².